The van der Waals surface area contributed by atoms with Crippen LogP contribution in [0.3, 0.4) is 0 Å². The SMILES string of the molecule is Cc1cc(OC2CCN(C(=O)OC(C)(C)C)CC2)cc(C2CC2)n1. The quantitative estimate of drug-likeness (QED) is 0.838. The second-order valence-corrected chi connectivity index (χ2v) is 7.93. The number of piperidine rings is 1. The average Bonchev–Trinajstić information content (AvgIpc) is 3.30. The summed E-state index contributed by atoms with van der Waals surface area (Å²) in [5.41, 5.74) is 1.73. The second kappa shape index (κ2) is 6.61. The highest BCUT2D eigenvalue weighted by Gasteiger charge is 2.29. The second-order valence-electron chi connectivity index (χ2n) is 7.93. The Labute approximate surface area is 144 Å². The smallest absolute Gasteiger partial charge is 0.410 e. The van der Waals surface area contributed by atoms with Crippen molar-refractivity contribution in [2.75, 3.05) is 13.1 Å². The molecule has 1 amide bonds. The highest BCUT2D eigenvalue weighted by molar-refractivity contribution is 5.68. The van der Waals surface area contributed by atoms with E-state index in [-0.39, 0.29) is 12.2 Å². The van der Waals surface area contributed by atoms with Gasteiger partial charge in [-0.3, -0.25) is 4.98 Å². The Morgan fingerprint density at radius 1 is 1.17 bits per heavy atom. The zero-order valence-electron chi connectivity index (χ0n) is 15.2. The number of ether oxygens (including phenoxy) is 2. The fourth-order valence-corrected chi connectivity index (χ4v) is 2.99. The fraction of sp³-hybridized carbons (Fsp3) is 0.684. The summed E-state index contributed by atoms with van der Waals surface area (Å²) in [7, 11) is 0. The number of amides is 1. The minimum absolute atomic E-state index is 0.150. The Bertz CT molecular complexity index is 597. The van der Waals surface area contributed by atoms with Crippen LogP contribution in [0.15, 0.2) is 12.1 Å². The van der Waals surface area contributed by atoms with Crippen molar-refractivity contribution < 1.29 is 14.3 Å². The number of likely N-dealkylation sites (tertiary alicyclic amines) is 1. The molecule has 24 heavy (non-hydrogen) atoms. The summed E-state index contributed by atoms with van der Waals surface area (Å²) in [6.45, 7) is 9.06. The molecule has 2 heterocycles. The maximum Gasteiger partial charge on any atom is 0.410 e. The van der Waals surface area contributed by atoms with Gasteiger partial charge in [-0.2, -0.15) is 0 Å². The zero-order chi connectivity index (χ0) is 17.3. The van der Waals surface area contributed by atoms with E-state index in [0.29, 0.717) is 19.0 Å². The largest absolute Gasteiger partial charge is 0.490 e. The summed E-state index contributed by atoms with van der Waals surface area (Å²) in [6, 6.07) is 4.09. The molecule has 0 radical (unpaired) electrons. The monoisotopic (exact) mass is 332 g/mol. The lowest BCUT2D eigenvalue weighted by molar-refractivity contribution is 0.0126. The normalized spacial score (nSPS) is 19.2. The Morgan fingerprint density at radius 3 is 2.42 bits per heavy atom. The Balaban J connectivity index is 1.53. The van der Waals surface area contributed by atoms with Crippen molar-refractivity contribution in [3.8, 4) is 5.75 Å². The van der Waals surface area contributed by atoms with Crippen LogP contribution < -0.4 is 4.74 Å². The molecule has 1 saturated heterocycles. The van der Waals surface area contributed by atoms with Crippen LogP contribution in [0.5, 0.6) is 5.75 Å². The maximum atomic E-state index is 12.1. The molecule has 2 aliphatic rings. The van der Waals surface area contributed by atoms with Crippen molar-refractivity contribution in [1.82, 2.24) is 9.88 Å². The maximum absolute atomic E-state index is 12.1. The van der Waals surface area contributed by atoms with E-state index in [1.165, 1.54) is 12.8 Å². The van der Waals surface area contributed by atoms with E-state index in [1.54, 1.807) is 4.90 Å². The first-order valence-electron chi connectivity index (χ1n) is 8.93. The number of carbonyl (C=O) groups excluding carboxylic acids is 1. The van der Waals surface area contributed by atoms with Crippen molar-refractivity contribution in [2.45, 2.75) is 71.0 Å². The third-order valence-corrected chi connectivity index (χ3v) is 4.34. The van der Waals surface area contributed by atoms with Crippen LogP contribution in [0.1, 0.15) is 63.8 Å². The van der Waals surface area contributed by atoms with Gasteiger partial charge in [0.1, 0.15) is 17.5 Å². The topological polar surface area (TPSA) is 51.7 Å². The number of hydrogen-bond donors (Lipinski definition) is 0. The first-order chi connectivity index (χ1) is 11.3. The number of carbonyl (C=O) groups is 1. The summed E-state index contributed by atoms with van der Waals surface area (Å²) in [6.07, 6.45) is 4.07. The molecule has 1 aliphatic heterocycles. The Morgan fingerprint density at radius 2 is 1.83 bits per heavy atom. The molecule has 0 unspecified atom stereocenters. The molecule has 2 fully saturated rings. The third-order valence-electron chi connectivity index (χ3n) is 4.34. The molecule has 132 valence electrons. The number of pyridine rings is 1. The lowest BCUT2D eigenvalue weighted by Crippen LogP contribution is -2.44. The molecule has 5 nitrogen and oxygen atoms in total. The lowest BCUT2D eigenvalue weighted by atomic mass is 10.1. The standard InChI is InChI=1S/C19H28N2O3/c1-13-11-16(12-17(20-13)14-5-6-14)23-15-7-9-21(10-8-15)18(22)24-19(2,3)4/h11-12,14-15H,5-10H2,1-4H3. The molecule has 0 atom stereocenters. The van der Waals surface area contributed by atoms with E-state index in [2.05, 4.69) is 11.1 Å². The summed E-state index contributed by atoms with van der Waals surface area (Å²) in [4.78, 5) is 18.5. The van der Waals surface area contributed by atoms with Crippen LogP contribution >= 0.6 is 0 Å². The van der Waals surface area contributed by atoms with E-state index in [0.717, 1.165) is 30.0 Å². The van der Waals surface area contributed by atoms with E-state index >= 15 is 0 Å². The predicted octanol–water partition coefficient (Wildman–Crippen LogP) is 4.05. The molecule has 1 aromatic rings. The minimum atomic E-state index is -0.446. The molecule has 0 bridgehead atoms. The van der Waals surface area contributed by atoms with Gasteiger partial charge in [0.2, 0.25) is 0 Å². The van der Waals surface area contributed by atoms with Crippen LogP contribution in [0.25, 0.3) is 0 Å². The van der Waals surface area contributed by atoms with Gasteiger partial charge in [0.25, 0.3) is 0 Å². The van der Waals surface area contributed by atoms with Gasteiger partial charge in [-0.05, 0) is 40.5 Å². The average molecular weight is 332 g/mol. The van der Waals surface area contributed by atoms with Gasteiger partial charge in [0.15, 0.2) is 0 Å². The van der Waals surface area contributed by atoms with Gasteiger partial charge in [-0.1, -0.05) is 0 Å². The zero-order valence-corrected chi connectivity index (χ0v) is 15.2. The third kappa shape index (κ3) is 4.62. The van der Waals surface area contributed by atoms with E-state index in [9.17, 15) is 4.79 Å². The van der Waals surface area contributed by atoms with Crippen LogP contribution in [0.4, 0.5) is 4.79 Å². The van der Waals surface area contributed by atoms with E-state index in [1.807, 2.05) is 33.8 Å². The summed E-state index contributed by atoms with van der Waals surface area (Å²) in [5, 5.41) is 0. The molecule has 1 saturated carbocycles. The van der Waals surface area contributed by atoms with Gasteiger partial charge in [-0.25, -0.2) is 4.79 Å². The number of aromatic nitrogens is 1. The molecule has 3 rings (SSSR count). The summed E-state index contributed by atoms with van der Waals surface area (Å²) in [5.74, 6) is 1.54. The predicted molar refractivity (Wildman–Crippen MR) is 92.4 cm³/mol. The van der Waals surface area contributed by atoms with Crippen LogP contribution in [0.2, 0.25) is 0 Å². The van der Waals surface area contributed by atoms with Gasteiger partial charge < -0.3 is 14.4 Å². The molecule has 1 aliphatic carbocycles. The van der Waals surface area contributed by atoms with Crippen molar-refractivity contribution in [3.05, 3.63) is 23.5 Å². The Hall–Kier alpha value is -1.78. The number of aryl methyl sites for hydroxylation is 1. The van der Waals surface area contributed by atoms with Crippen molar-refractivity contribution >= 4 is 6.09 Å². The molecule has 0 aromatic carbocycles. The minimum Gasteiger partial charge on any atom is -0.490 e. The summed E-state index contributed by atoms with van der Waals surface area (Å²) >= 11 is 0. The van der Waals surface area contributed by atoms with Crippen molar-refractivity contribution in [2.24, 2.45) is 0 Å². The molecule has 0 N–H and O–H groups in total. The van der Waals surface area contributed by atoms with E-state index < -0.39 is 5.60 Å². The first kappa shape index (κ1) is 17.1. The van der Waals surface area contributed by atoms with Gasteiger partial charge in [0, 0.05) is 55.4 Å². The molecule has 1 aromatic heterocycles. The van der Waals surface area contributed by atoms with E-state index in [4.69, 9.17) is 9.47 Å². The highest BCUT2D eigenvalue weighted by Crippen LogP contribution is 2.40. The molecular weight excluding hydrogens is 304 g/mol. The van der Waals surface area contributed by atoms with Gasteiger partial charge in [0.05, 0.1) is 0 Å². The van der Waals surface area contributed by atoms with Crippen LogP contribution in [0, 0.1) is 6.92 Å². The van der Waals surface area contributed by atoms with Crippen molar-refractivity contribution in [1.29, 1.82) is 0 Å². The van der Waals surface area contributed by atoms with Crippen LogP contribution in [-0.4, -0.2) is 40.8 Å². The molecular formula is C19H28N2O3. The number of hydrogen-bond acceptors (Lipinski definition) is 4. The molecule has 0 spiro atoms. The highest BCUT2D eigenvalue weighted by atomic mass is 16.6. The lowest BCUT2D eigenvalue weighted by Gasteiger charge is -2.33. The molecule has 5 heteroatoms. The number of rotatable bonds is 3. The summed E-state index contributed by atoms with van der Waals surface area (Å²) < 4.78 is 11.6. The first-order valence-corrected chi connectivity index (χ1v) is 8.93. The van der Waals surface area contributed by atoms with Crippen LogP contribution in [-0.2, 0) is 4.74 Å². The van der Waals surface area contributed by atoms with Crippen molar-refractivity contribution in [3.63, 3.8) is 0 Å². The van der Waals surface area contributed by atoms with Gasteiger partial charge >= 0.3 is 6.09 Å². The Kier molecular flexibility index (Phi) is 4.70. The number of nitrogens with zero attached hydrogens (tertiary/aromatic N) is 2. The van der Waals surface area contributed by atoms with Gasteiger partial charge in [-0.15, -0.1) is 0 Å². The fourth-order valence-electron chi connectivity index (χ4n) is 2.99.